The van der Waals surface area contributed by atoms with Crippen molar-refractivity contribution in [3.8, 4) is 0 Å². The van der Waals surface area contributed by atoms with Crippen molar-refractivity contribution < 1.29 is 5.11 Å². The highest BCUT2D eigenvalue weighted by Crippen LogP contribution is 2.33. The maximum absolute atomic E-state index is 10.6. The van der Waals surface area contributed by atoms with Crippen LogP contribution >= 0.6 is 34.8 Å². The Labute approximate surface area is 190 Å². The van der Waals surface area contributed by atoms with Crippen LogP contribution in [-0.4, -0.2) is 24.5 Å². The van der Waals surface area contributed by atoms with E-state index in [1.807, 2.05) is 53.5 Å². The van der Waals surface area contributed by atoms with Crippen molar-refractivity contribution in [2.75, 3.05) is 18.2 Å². The molecule has 4 rings (SSSR count). The SMILES string of the molecule is OC(c1ccc(Cl)cc1)c1ccc(Cc2c(Cl)cc(N3CNCC=N3)cc2Cl)cc1. The molecule has 1 aliphatic rings. The summed E-state index contributed by atoms with van der Waals surface area (Å²) in [5.74, 6) is 0. The topological polar surface area (TPSA) is 47.9 Å². The Morgan fingerprint density at radius 1 is 0.933 bits per heavy atom. The Kier molecular flexibility index (Phi) is 6.61. The number of nitrogens with one attached hydrogen (secondary N) is 1. The van der Waals surface area contributed by atoms with Crippen molar-refractivity contribution in [1.82, 2.24) is 5.32 Å². The summed E-state index contributed by atoms with van der Waals surface area (Å²) >= 11 is 19.0. The van der Waals surface area contributed by atoms with E-state index in [2.05, 4.69) is 10.4 Å². The van der Waals surface area contributed by atoms with Gasteiger partial charge >= 0.3 is 0 Å². The van der Waals surface area contributed by atoms with E-state index in [1.165, 1.54) is 0 Å². The number of benzene rings is 3. The van der Waals surface area contributed by atoms with Gasteiger partial charge in [-0.05, 0) is 46.5 Å². The van der Waals surface area contributed by atoms with Crippen molar-refractivity contribution in [3.63, 3.8) is 0 Å². The first-order chi connectivity index (χ1) is 14.5. The zero-order chi connectivity index (χ0) is 21.1. The normalized spacial score (nSPS) is 14.7. The van der Waals surface area contributed by atoms with Crippen LogP contribution < -0.4 is 10.3 Å². The number of rotatable bonds is 5. The lowest BCUT2D eigenvalue weighted by molar-refractivity contribution is 0.220. The van der Waals surface area contributed by atoms with E-state index in [9.17, 15) is 5.11 Å². The van der Waals surface area contributed by atoms with Crippen molar-refractivity contribution in [2.24, 2.45) is 5.10 Å². The smallest absolute Gasteiger partial charge is 0.104 e. The highest BCUT2D eigenvalue weighted by Gasteiger charge is 2.15. The number of aliphatic hydroxyl groups excluding tert-OH is 1. The van der Waals surface area contributed by atoms with E-state index < -0.39 is 6.10 Å². The second-order valence-electron chi connectivity index (χ2n) is 7.07. The quantitative estimate of drug-likeness (QED) is 0.515. The minimum absolute atomic E-state index is 0.594. The molecule has 0 aromatic heterocycles. The second kappa shape index (κ2) is 9.38. The largest absolute Gasteiger partial charge is 0.384 e. The van der Waals surface area contributed by atoms with E-state index in [-0.39, 0.29) is 0 Å². The zero-order valence-electron chi connectivity index (χ0n) is 16.0. The number of hydrazone groups is 1. The molecule has 30 heavy (non-hydrogen) atoms. The van der Waals surface area contributed by atoms with Gasteiger partial charge in [0.2, 0.25) is 0 Å². The molecule has 1 unspecified atom stereocenters. The van der Waals surface area contributed by atoms with Gasteiger partial charge in [0.25, 0.3) is 0 Å². The number of anilines is 1. The highest BCUT2D eigenvalue weighted by atomic mass is 35.5. The summed E-state index contributed by atoms with van der Waals surface area (Å²) in [6, 6.07) is 18.7. The molecule has 0 fully saturated rings. The fourth-order valence-electron chi connectivity index (χ4n) is 3.34. The van der Waals surface area contributed by atoms with Crippen LogP contribution in [0.5, 0.6) is 0 Å². The van der Waals surface area contributed by atoms with Crippen molar-refractivity contribution in [3.05, 3.63) is 98.0 Å². The van der Waals surface area contributed by atoms with Crippen LogP contribution in [0.3, 0.4) is 0 Å². The number of halogens is 3. The molecule has 0 aliphatic carbocycles. The molecule has 4 nitrogen and oxygen atoms in total. The van der Waals surface area contributed by atoms with Crippen LogP contribution in [0.2, 0.25) is 15.1 Å². The van der Waals surface area contributed by atoms with Crippen LogP contribution in [-0.2, 0) is 6.42 Å². The fourth-order valence-corrected chi connectivity index (χ4v) is 4.08. The molecule has 154 valence electrons. The number of nitrogens with zero attached hydrogens (tertiary/aromatic N) is 2. The second-order valence-corrected chi connectivity index (χ2v) is 8.32. The van der Waals surface area contributed by atoms with Gasteiger partial charge in [-0.15, -0.1) is 0 Å². The van der Waals surface area contributed by atoms with Gasteiger partial charge in [0.15, 0.2) is 0 Å². The minimum atomic E-state index is -0.707. The van der Waals surface area contributed by atoms with E-state index in [4.69, 9.17) is 34.8 Å². The van der Waals surface area contributed by atoms with Crippen molar-refractivity contribution >= 4 is 46.7 Å². The molecule has 3 aromatic rings. The van der Waals surface area contributed by atoms with Gasteiger partial charge in [0, 0.05) is 34.2 Å². The van der Waals surface area contributed by atoms with Crippen LogP contribution in [0, 0.1) is 0 Å². The molecule has 0 amide bonds. The number of aliphatic hydroxyl groups is 1. The maximum Gasteiger partial charge on any atom is 0.104 e. The van der Waals surface area contributed by atoms with Crippen LogP contribution in [0.25, 0.3) is 0 Å². The van der Waals surface area contributed by atoms with Gasteiger partial charge in [-0.25, -0.2) is 0 Å². The zero-order valence-corrected chi connectivity index (χ0v) is 18.3. The molecule has 0 radical (unpaired) electrons. The fraction of sp³-hybridized carbons (Fsp3) is 0.174. The molecule has 1 aliphatic heterocycles. The molecule has 1 atom stereocenters. The van der Waals surface area contributed by atoms with Gasteiger partial charge in [0.1, 0.15) is 6.10 Å². The summed E-state index contributed by atoms with van der Waals surface area (Å²) in [5.41, 5.74) is 4.37. The van der Waals surface area contributed by atoms with E-state index in [0.717, 1.165) is 34.5 Å². The van der Waals surface area contributed by atoms with E-state index in [1.54, 1.807) is 18.3 Å². The Bertz CT molecular complexity index is 1030. The molecule has 0 spiro atoms. The predicted molar refractivity (Wildman–Crippen MR) is 125 cm³/mol. The van der Waals surface area contributed by atoms with Gasteiger partial charge in [-0.1, -0.05) is 71.2 Å². The van der Waals surface area contributed by atoms with Gasteiger partial charge in [0.05, 0.1) is 12.4 Å². The molecule has 0 saturated heterocycles. The average molecular weight is 461 g/mol. The lowest BCUT2D eigenvalue weighted by Gasteiger charge is -2.23. The molecule has 7 heteroatoms. The molecule has 3 aromatic carbocycles. The summed E-state index contributed by atoms with van der Waals surface area (Å²) < 4.78 is 0. The van der Waals surface area contributed by atoms with Gasteiger partial charge in [-0.2, -0.15) is 5.10 Å². The first-order valence-corrected chi connectivity index (χ1v) is 10.7. The summed E-state index contributed by atoms with van der Waals surface area (Å²) in [5, 5.41) is 21.8. The molecular weight excluding hydrogens is 441 g/mol. The number of hydrogen-bond acceptors (Lipinski definition) is 4. The summed E-state index contributed by atoms with van der Waals surface area (Å²) in [4.78, 5) is 0. The first kappa shape index (κ1) is 21.2. The lowest BCUT2D eigenvalue weighted by atomic mass is 9.98. The summed E-state index contributed by atoms with van der Waals surface area (Å²) in [6.45, 7) is 1.36. The minimum Gasteiger partial charge on any atom is -0.384 e. The predicted octanol–water partition coefficient (Wildman–Crippen LogP) is 5.67. The number of hydrogen-bond donors (Lipinski definition) is 2. The monoisotopic (exact) mass is 459 g/mol. The third-order valence-corrected chi connectivity index (χ3v) is 5.93. The van der Waals surface area contributed by atoms with Crippen LogP contribution in [0.1, 0.15) is 28.4 Å². The standard InChI is InChI=1S/C23H20Cl3N3O/c24-18-7-5-17(6-8-18)23(30)16-3-1-15(2-4-16)11-20-21(25)12-19(13-22(20)26)29-14-27-9-10-28-29/h1-8,10,12-13,23,27,30H,9,11,14H2. The third kappa shape index (κ3) is 4.80. The van der Waals surface area contributed by atoms with E-state index in [0.29, 0.717) is 28.2 Å². The third-order valence-electron chi connectivity index (χ3n) is 5.00. The lowest BCUT2D eigenvalue weighted by Crippen LogP contribution is -2.36. The average Bonchev–Trinajstić information content (AvgIpc) is 2.77. The van der Waals surface area contributed by atoms with E-state index >= 15 is 0 Å². The maximum atomic E-state index is 10.6. The van der Waals surface area contributed by atoms with Crippen LogP contribution in [0.4, 0.5) is 5.69 Å². The highest BCUT2D eigenvalue weighted by molar-refractivity contribution is 6.36. The molecule has 0 saturated carbocycles. The molecule has 0 bridgehead atoms. The molecule has 1 heterocycles. The van der Waals surface area contributed by atoms with Crippen molar-refractivity contribution in [1.29, 1.82) is 0 Å². The van der Waals surface area contributed by atoms with Crippen LogP contribution in [0.15, 0.2) is 65.8 Å². The van der Waals surface area contributed by atoms with Gasteiger partial charge < -0.3 is 5.11 Å². The summed E-state index contributed by atoms with van der Waals surface area (Å²) in [7, 11) is 0. The first-order valence-electron chi connectivity index (χ1n) is 9.52. The van der Waals surface area contributed by atoms with Gasteiger partial charge in [-0.3, -0.25) is 10.3 Å². The Morgan fingerprint density at radius 2 is 1.53 bits per heavy atom. The summed E-state index contributed by atoms with van der Waals surface area (Å²) in [6.07, 6.45) is 1.69. The van der Waals surface area contributed by atoms with Crippen molar-refractivity contribution in [2.45, 2.75) is 12.5 Å². The Morgan fingerprint density at radius 3 is 2.10 bits per heavy atom. The molecule has 2 N–H and O–H groups in total. The molecular formula is C23H20Cl3N3O. The Balaban J connectivity index is 1.51. The Hall–Kier alpha value is -2.08.